The number of nitriles is 1. The van der Waals surface area contributed by atoms with Crippen molar-refractivity contribution in [3.63, 3.8) is 0 Å². The number of carbonyl (C=O) groups excluding carboxylic acids is 1. The van der Waals surface area contributed by atoms with Gasteiger partial charge in [-0.25, -0.2) is 4.79 Å². The minimum Gasteiger partial charge on any atom is -0.445 e. The molecule has 0 bridgehead atoms. The first-order valence-corrected chi connectivity index (χ1v) is 5.14. The van der Waals surface area contributed by atoms with Crippen molar-refractivity contribution in [1.82, 2.24) is 4.90 Å². The molecule has 1 atom stereocenters. The maximum absolute atomic E-state index is 11.5. The van der Waals surface area contributed by atoms with Gasteiger partial charge < -0.3 is 14.7 Å². The van der Waals surface area contributed by atoms with E-state index in [2.05, 4.69) is 0 Å². The number of likely N-dealkylation sites (tertiary alicyclic amines) is 1. The first-order chi connectivity index (χ1) is 7.13. The van der Waals surface area contributed by atoms with Crippen LogP contribution in [0.25, 0.3) is 0 Å². The molecule has 1 N–H and O–H groups in total. The van der Waals surface area contributed by atoms with E-state index in [1.54, 1.807) is 11.8 Å². The third-order valence-electron chi connectivity index (χ3n) is 2.40. The van der Waals surface area contributed by atoms with Gasteiger partial charge in [-0.1, -0.05) is 0 Å². The van der Waals surface area contributed by atoms with E-state index < -0.39 is 0 Å². The van der Waals surface area contributed by atoms with Crippen LogP contribution in [0.15, 0.2) is 0 Å². The molecule has 0 aromatic heterocycles. The number of nitrogens with zero attached hydrogens (tertiary/aromatic N) is 2. The van der Waals surface area contributed by atoms with E-state index in [9.17, 15) is 9.90 Å². The van der Waals surface area contributed by atoms with Crippen molar-refractivity contribution < 1.29 is 14.6 Å². The van der Waals surface area contributed by atoms with Crippen LogP contribution in [0.2, 0.25) is 0 Å². The van der Waals surface area contributed by atoms with Gasteiger partial charge in [0, 0.05) is 13.1 Å². The lowest BCUT2D eigenvalue weighted by Crippen LogP contribution is -2.41. The standard InChI is InChI=1S/C10H16N2O3/c1-8(2-5-11)15-10(14)12-6-3-9(13)4-7-12/h8-9,13H,2-4,6-7H2,1H3. The number of ether oxygens (including phenoxy) is 1. The molecule has 0 radical (unpaired) electrons. The number of rotatable bonds is 2. The summed E-state index contributed by atoms with van der Waals surface area (Å²) in [4.78, 5) is 13.1. The Morgan fingerprint density at radius 1 is 1.67 bits per heavy atom. The summed E-state index contributed by atoms with van der Waals surface area (Å²) in [5.74, 6) is 0. The molecule has 0 aromatic carbocycles. The van der Waals surface area contributed by atoms with Gasteiger partial charge >= 0.3 is 6.09 Å². The Labute approximate surface area is 89.2 Å². The number of carbonyl (C=O) groups is 1. The molecule has 0 saturated carbocycles. The second kappa shape index (κ2) is 5.56. The Morgan fingerprint density at radius 2 is 2.27 bits per heavy atom. The smallest absolute Gasteiger partial charge is 0.410 e. The SMILES string of the molecule is CC(CC#N)OC(=O)N1CCC(O)CC1. The van der Waals surface area contributed by atoms with Gasteiger partial charge in [0.05, 0.1) is 18.6 Å². The van der Waals surface area contributed by atoms with Crippen LogP contribution in [-0.2, 0) is 4.74 Å². The van der Waals surface area contributed by atoms with Crippen molar-refractivity contribution in [3.05, 3.63) is 0 Å². The average Bonchev–Trinajstić information content (AvgIpc) is 2.18. The lowest BCUT2D eigenvalue weighted by molar-refractivity contribution is 0.0427. The topological polar surface area (TPSA) is 73.6 Å². The van der Waals surface area contributed by atoms with E-state index in [4.69, 9.17) is 10.00 Å². The number of aliphatic hydroxyl groups is 1. The van der Waals surface area contributed by atoms with Gasteiger partial charge in [-0.05, 0) is 19.8 Å². The quantitative estimate of drug-likeness (QED) is 0.737. The Bertz CT molecular complexity index is 254. The number of piperidine rings is 1. The highest BCUT2D eigenvalue weighted by Gasteiger charge is 2.23. The van der Waals surface area contributed by atoms with Gasteiger partial charge in [-0.15, -0.1) is 0 Å². The largest absolute Gasteiger partial charge is 0.445 e. The molecule has 1 saturated heterocycles. The van der Waals surface area contributed by atoms with Crippen LogP contribution < -0.4 is 0 Å². The zero-order chi connectivity index (χ0) is 11.3. The molecule has 0 aliphatic carbocycles. The summed E-state index contributed by atoms with van der Waals surface area (Å²) in [7, 11) is 0. The zero-order valence-electron chi connectivity index (χ0n) is 8.85. The maximum atomic E-state index is 11.5. The second-order valence-corrected chi connectivity index (χ2v) is 3.77. The molecule has 1 aliphatic heterocycles. The first kappa shape index (κ1) is 11.8. The maximum Gasteiger partial charge on any atom is 0.410 e. The molecule has 5 nitrogen and oxygen atoms in total. The molecule has 5 heteroatoms. The van der Waals surface area contributed by atoms with E-state index in [1.165, 1.54) is 0 Å². The van der Waals surface area contributed by atoms with Crippen molar-refractivity contribution in [1.29, 1.82) is 5.26 Å². The van der Waals surface area contributed by atoms with Crippen molar-refractivity contribution in [2.75, 3.05) is 13.1 Å². The summed E-state index contributed by atoms with van der Waals surface area (Å²) in [6, 6.07) is 1.95. The van der Waals surface area contributed by atoms with Gasteiger partial charge in [-0.3, -0.25) is 0 Å². The number of hydrogen-bond acceptors (Lipinski definition) is 4. The fraction of sp³-hybridized carbons (Fsp3) is 0.800. The van der Waals surface area contributed by atoms with Crippen LogP contribution in [0.3, 0.4) is 0 Å². The predicted molar refractivity (Wildman–Crippen MR) is 53.0 cm³/mol. The van der Waals surface area contributed by atoms with Crippen molar-refractivity contribution in [2.24, 2.45) is 0 Å². The highest BCUT2D eigenvalue weighted by molar-refractivity contribution is 5.67. The number of amides is 1. The zero-order valence-corrected chi connectivity index (χ0v) is 8.85. The summed E-state index contributed by atoms with van der Waals surface area (Å²) in [5, 5.41) is 17.7. The van der Waals surface area contributed by atoms with Crippen molar-refractivity contribution in [3.8, 4) is 6.07 Å². The molecular formula is C10H16N2O3. The van der Waals surface area contributed by atoms with E-state index in [0.29, 0.717) is 25.9 Å². The van der Waals surface area contributed by atoms with Crippen molar-refractivity contribution in [2.45, 2.75) is 38.4 Å². The highest BCUT2D eigenvalue weighted by atomic mass is 16.6. The minimum absolute atomic E-state index is 0.211. The summed E-state index contributed by atoms with van der Waals surface area (Å²) in [6.45, 7) is 2.75. The van der Waals surface area contributed by atoms with E-state index >= 15 is 0 Å². The van der Waals surface area contributed by atoms with Gasteiger partial charge in [-0.2, -0.15) is 5.26 Å². The van der Waals surface area contributed by atoms with Gasteiger partial charge in [0.1, 0.15) is 6.10 Å². The monoisotopic (exact) mass is 212 g/mol. The van der Waals surface area contributed by atoms with Crippen LogP contribution in [0.5, 0.6) is 0 Å². The van der Waals surface area contributed by atoms with Crippen LogP contribution in [0.4, 0.5) is 4.79 Å². The molecule has 0 spiro atoms. The Morgan fingerprint density at radius 3 is 2.80 bits per heavy atom. The van der Waals surface area contributed by atoms with Crippen LogP contribution in [-0.4, -0.2) is 41.4 Å². The molecule has 84 valence electrons. The van der Waals surface area contributed by atoms with E-state index in [1.807, 2.05) is 6.07 Å². The Hall–Kier alpha value is -1.28. The average molecular weight is 212 g/mol. The number of aliphatic hydroxyl groups excluding tert-OH is 1. The molecule has 1 heterocycles. The fourth-order valence-electron chi connectivity index (χ4n) is 1.47. The minimum atomic E-state index is -0.385. The fourth-order valence-corrected chi connectivity index (χ4v) is 1.47. The predicted octanol–water partition coefficient (Wildman–Crippen LogP) is 0.882. The Balaban J connectivity index is 2.31. The molecular weight excluding hydrogens is 196 g/mol. The number of hydrogen-bond donors (Lipinski definition) is 1. The van der Waals surface area contributed by atoms with Crippen LogP contribution in [0, 0.1) is 11.3 Å². The molecule has 1 rings (SSSR count). The van der Waals surface area contributed by atoms with Crippen LogP contribution in [0.1, 0.15) is 26.2 Å². The first-order valence-electron chi connectivity index (χ1n) is 5.14. The van der Waals surface area contributed by atoms with Gasteiger partial charge in [0.15, 0.2) is 0 Å². The molecule has 0 aromatic rings. The molecule has 15 heavy (non-hydrogen) atoms. The summed E-state index contributed by atoms with van der Waals surface area (Å²) in [6.07, 6.45) is 0.357. The normalized spacial score (nSPS) is 19.4. The molecule has 1 unspecified atom stereocenters. The molecule has 1 aliphatic rings. The lowest BCUT2D eigenvalue weighted by atomic mass is 10.1. The van der Waals surface area contributed by atoms with Gasteiger partial charge in [0.25, 0.3) is 0 Å². The molecule has 1 amide bonds. The van der Waals surface area contributed by atoms with Crippen LogP contribution >= 0.6 is 0 Å². The van der Waals surface area contributed by atoms with Crippen molar-refractivity contribution >= 4 is 6.09 Å². The summed E-state index contributed by atoms with van der Waals surface area (Å²) in [5.41, 5.74) is 0. The Kier molecular flexibility index (Phi) is 4.37. The summed E-state index contributed by atoms with van der Waals surface area (Å²) < 4.78 is 5.05. The third-order valence-corrected chi connectivity index (χ3v) is 2.40. The van der Waals surface area contributed by atoms with E-state index in [-0.39, 0.29) is 24.7 Å². The molecule has 1 fully saturated rings. The highest BCUT2D eigenvalue weighted by Crippen LogP contribution is 2.12. The summed E-state index contributed by atoms with van der Waals surface area (Å²) >= 11 is 0. The lowest BCUT2D eigenvalue weighted by Gasteiger charge is -2.29. The van der Waals surface area contributed by atoms with Gasteiger partial charge in [0.2, 0.25) is 0 Å². The second-order valence-electron chi connectivity index (χ2n) is 3.77. The van der Waals surface area contributed by atoms with E-state index in [0.717, 1.165) is 0 Å². The third kappa shape index (κ3) is 3.76.